The minimum absolute atomic E-state index is 0.00868. The van der Waals surface area contributed by atoms with Crippen LogP contribution in [0.15, 0.2) is 46.6 Å². The fourth-order valence-electron chi connectivity index (χ4n) is 2.73. The molecule has 0 amide bonds. The summed E-state index contributed by atoms with van der Waals surface area (Å²) in [6.07, 6.45) is -6.16. The fraction of sp³-hybridized carbons (Fsp3) is 0.412. The maximum Gasteiger partial charge on any atom is 0.416 e. The Morgan fingerprint density at radius 2 is 1.52 bits per heavy atom. The van der Waals surface area contributed by atoms with Crippen LogP contribution < -0.4 is 4.72 Å². The monoisotopic (exact) mass is 412 g/mol. The molecule has 1 N–H and O–H groups in total. The Morgan fingerprint density at radius 3 is 1.93 bits per heavy atom. The normalized spacial score (nSPS) is 19.2. The van der Waals surface area contributed by atoms with Crippen molar-refractivity contribution in [1.29, 1.82) is 0 Å². The van der Waals surface area contributed by atoms with Gasteiger partial charge in [0.05, 0.1) is 16.0 Å². The molecule has 0 aromatic heterocycles. The van der Waals surface area contributed by atoms with Crippen molar-refractivity contribution in [3.8, 4) is 0 Å². The molecule has 1 aromatic rings. The van der Waals surface area contributed by atoms with Crippen LogP contribution in [0.3, 0.4) is 0 Å². The summed E-state index contributed by atoms with van der Waals surface area (Å²) in [5, 5.41) is 0. The molecule has 0 bridgehead atoms. The summed E-state index contributed by atoms with van der Waals surface area (Å²) in [7, 11) is 1.44. The first-order valence-electron chi connectivity index (χ1n) is 7.85. The second kappa shape index (κ2) is 7.57. The molecule has 10 heteroatoms. The van der Waals surface area contributed by atoms with Gasteiger partial charge in [0.25, 0.3) is 0 Å². The molecule has 2 rings (SSSR count). The predicted octanol–water partition coefficient (Wildman–Crippen LogP) is 4.71. The molecule has 1 aliphatic rings. The zero-order valence-electron chi connectivity index (χ0n) is 14.7. The molecule has 1 aromatic carbocycles. The Kier molecular flexibility index (Phi) is 5.98. The van der Waals surface area contributed by atoms with E-state index in [0.29, 0.717) is 24.3 Å². The van der Waals surface area contributed by atoms with Gasteiger partial charge in [-0.25, -0.2) is 4.21 Å². The van der Waals surface area contributed by atoms with Crippen LogP contribution in [0.1, 0.15) is 24.5 Å². The molecule has 3 nitrogen and oxygen atoms in total. The van der Waals surface area contributed by atoms with E-state index in [1.54, 1.807) is 12.2 Å². The van der Waals surface area contributed by atoms with Gasteiger partial charge in [-0.05, 0) is 36.8 Å². The summed E-state index contributed by atoms with van der Waals surface area (Å²) in [6.45, 7) is 1.91. The Morgan fingerprint density at radius 1 is 1.00 bits per heavy atom. The summed E-state index contributed by atoms with van der Waals surface area (Å²) in [4.78, 5) is 1.31. The van der Waals surface area contributed by atoms with Crippen LogP contribution in [-0.4, -0.2) is 23.2 Å². The largest absolute Gasteiger partial charge is 0.416 e. The van der Waals surface area contributed by atoms with Crippen molar-refractivity contribution in [2.75, 3.05) is 14.1 Å². The van der Waals surface area contributed by atoms with Crippen LogP contribution in [-0.2, 0) is 23.3 Å². The van der Waals surface area contributed by atoms with Crippen molar-refractivity contribution in [3.05, 3.63) is 52.9 Å². The minimum atomic E-state index is -4.98. The second-order valence-electron chi connectivity index (χ2n) is 6.40. The number of nitrogens with one attached hydrogen (secondary N) is 1. The lowest BCUT2D eigenvalue weighted by molar-refractivity contribution is -0.143. The SMILES string of the molecule is CC1CC(NS(=O)c2cc(C(F)(F)F)cc(C(F)(F)F)c2)=CC=C1N(C)C. The molecule has 150 valence electrons. The molecular weight excluding hydrogens is 394 g/mol. The lowest BCUT2D eigenvalue weighted by atomic mass is 9.96. The van der Waals surface area contributed by atoms with E-state index in [9.17, 15) is 30.6 Å². The molecule has 0 heterocycles. The highest BCUT2D eigenvalue weighted by Crippen LogP contribution is 2.37. The van der Waals surface area contributed by atoms with E-state index in [1.165, 1.54) is 0 Å². The number of hydrogen-bond acceptors (Lipinski definition) is 2. The van der Waals surface area contributed by atoms with E-state index in [0.717, 1.165) is 5.70 Å². The van der Waals surface area contributed by atoms with Crippen LogP contribution in [0.4, 0.5) is 26.3 Å². The van der Waals surface area contributed by atoms with Gasteiger partial charge in [-0.15, -0.1) is 0 Å². The number of nitrogens with zero attached hydrogens (tertiary/aromatic N) is 1. The number of alkyl halides is 6. The van der Waals surface area contributed by atoms with Crippen molar-refractivity contribution < 1.29 is 30.6 Å². The zero-order valence-corrected chi connectivity index (χ0v) is 15.5. The quantitative estimate of drug-likeness (QED) is 0.727. The molecule has 0 aliphatic heterocycles. The van der Waals surface area contributed by atoms with E-state index in [4.69, 9.17) is 0 Å². The average molecular weight is 412 g/mol. The van der Waals surface area contributed by atoms with Gasteiger partial charge in [-0.3, -0.25) is 0 Å². The van der Waals surface area contributed by atoms with E-state index in [1.807, 2.05) is 25.9 Å². The Labute approximate surface area is 155 Å². The molecule has 1 aliphatic carbocycles. The summed E-state index contributed by atoms with van der Waals surface area (Å²) in [6, 6.07) is 0.938. The molecule has 2 unspecified atom stereocenters. The average Bonchev–Trinajstić information content (AvgIpc) is 2.52. The molecule has 2 atom stereocenters. The summed E-state index contributed by atoms with van der Waals surface area (Å²) < 4.78 is 92.4. The number of rotatable bonds is 4. The first-order chi connectivity index (χ1) is 12.3. The van der Waals surface area contributed by atoms with Crippen molar-refractivity contribution in [2.24, 2.45) is 5.92 Å². The third kappa shape index (κ3) is 5.27. The van der Waals surface area contributed by atoms with Gasteiger partial charge in [0, 0.05) is 31.4 Å². The number of allylic oxidation sites excluding steroid dienone is 4. The summed E-state index contributed by atoms with van der Waals surface area (Å²) >= 11 is 0. The topological polar surface area (TPSA) is 32.3 Å². The third-order valence-electron chi connectivity index (χ3n) is 4.00. The second-order valence-corrected chi connectivity index (χ2v) is 7.61. The van der Waals surface area contributed by atoms with Crippen LogP contribution in [0, 0.1) is 5.92 Å². The molecule has 0 fully saturated rings. The fourth-order valence-corrected chi connectivity index (χ4v) is 3.71. The lowest BCUT2D eigenvalue weighted by Gasteiger charge is -2.27. The van der Waals surface area contributed by atoms with Gasteiger partial charge < -0.3 is 9.62 Å². The number of benzene rings is 1. The van der Waals surface area contributed by atoms with E-state index in [-0.39, 0.29) is 12.0 Å². The van der Waals surface area contributed by atoms with Gasteiger partial charge in [0.2, 0.25) is 0 Å². The molecule has 0 saturated carbocycles. The third-order valence-corrected chi connectivity index (χ3v) is 5.11. The van der Waals surface area contributed by atoms with Crippen LogP contribution in [0.25, 0.3) is 0 Å². The van der Waals surface area contributed by atoms with Crippen molar-refractivity contribution in [1.82, 2.24) is 9.62 Å². The van der Waals surface area contributed by atoms with Gasteiger partial charge in [-0.1, -0.05) is 6.92 Å². The molecular formula is C17H18F6N2OS. The van der Waals surface area contributed by atoms with E-state index >= 15 is 0 Å². The number of halogens is 6. The Balaban J connectivity index is 2.34. The van der Waals surface area contributed by atoms with Crippen LogP contribution in [0.2, 0.25) is 0 Å². The van der Waals surface area contributed by atoms with Gasteiger partial charge in [0.1, 0.15) is 11.0 Å². The zero-order chi connectivity index (χ0) is 20.6. The van der Waals surface area contributed by atoms with Gasteiger partial charge >= 0.3 is 12.4 Å². The first-order valence-corrected chi connectivity index (χ1v) is 9.00. The van der Waals surface area contributed by atoms with E-state index in [2.05, 4.69) is 4.72 Å². The lowest BCUT2D eigenvalue weighted by Crippen LogP contribution is -2.25. The maximum absolute atomic E-state index is 12.9. The van der Waals surface area contributed by atoms with Gasteiger partial charge in [-0.2, -0.15) is 26.3 Å². The minimum Gasteiger partial charge on any atom is -0.381 e. The predicted molar refractivity (Wildman–Crippen MR) is 89.6 cm³/mol. The molecule has 0 radical (unpaired) electrons. The summed E-state index contributed by atoms with van der Waals surface area (Å²) in [5.74, 6) is 0.0525. The van der Waals surface area contributed by atoms with Crippen molar-refractivity contribution in [3.63, 3.8) is 0 Å². The van der Waals surface area contributed by atoms with Crippen molar-refractivity contribution >= 4 is 11.0 Å². The van der Waals surface area contributed by atoms with E-state index < -0.39 is 39.4 Å². The Bertz CT molecular complexity index is 763. The van der Waals surface area contributed by atoms with Crippen molar-refractivity contribution in [2.45, 2.75) is 30.6 Å². The highest BCUT2D eigenvalue weighted by atomic mass is 32.2. The first kappa shape index (κ1) is 21.3. The highest BCUT2D eigenvalue weighted by Gasteiger charge is 2.37. The highest BCUT2D eigenvalue weighted by molar-refractivity contribution is 7.83. The summed E-state index contributed by atoms with van der Waals surface area (Å²) in [5.41, 5.74) is -1.52. The molecule has 0 saturated heterocycles. The molecule has 27 heavy (non-hydrogen) atoms. The van der Waals surface area contributed by atoms with Gasteiger partial charge in [0.15, 0.2) is 0 Å². The maximum atomic E-state index is 12.9. The van der Waals surface area contributed by atoms with Crippen LogP contribution >= 0.6 is 0 Å². The smallest absolute Gasteiger partial charge is 0.381 e. The Hall–Kier alpha value is -1.97. The number of hydrogen-bond donors (Lipinski definition) is 1. The molecule has 0 spiro atoms. The standard InChI is InChI=1S/C17H18F6N2OS/c1-10-6-13(4-5-15(10)25(2)3)24-27(26)14-8-11(16(18,19)20)7-12(9-14)17(21,22)23/h4-5,7-10,24H,6H2,1-3H3. The van der Waals surface area contributed by atoms with Crippen LogP contribution in [0.5, 0.6) is 0 Å².